The van der Waals surface area contributed by atoms with Gasteiger partial charge in [-0.2, -0.15) is 0 Å². The Morgan fingerprint density at radius 1 is 1.59 bits per heavy atom. The van der Waals surface area contributed by atoms with Crippen LogP contribution in [-0.2, 0) is 4.74 Å². The Balaban J connectivity index is 2.75. The summed E-state index contributed by atoms with van der Waals surface area (Å²) in [6, 6.07) is 3.88. The number of nitrogen functional groups attached to an aromatic ring is 1. The lowest BCUT2D eigenvalue weighted by molar-refractivity contribution is 0.0890. The fourth-order valence-electron chi connectivity index (χ4n) is 1.44. The molecule has 0 fully saturated rings. The number of halogens is 1. The molecule has 94 valence electrons. The lowest BCUT2D eigenvalue weighted by Crippen LogP contribution is -2.37. The molecule has 0 heterocycles. The van der Waals surface area contributed by atoms with Gasteiger partial charge in [0.05, 0.1) is 18.2 Å². The minimum Gasteiger partial charge on any atom is -0.399 e. The molecule has 0 saturated heterocycles. The number of methoxy groups -OCH3 is 1. The van der Waals surface area contributed by atoms with E-state index in [0.717, 1.165) is 12.5 Å². The molecule has 0 aliphatic carbocycles. The molecule has 0 aliphatic rings. The van der Waals surface area contributed by atoms with Crippen LogP contribution in [0.1, 0.15) is 23.7 Å². The summed E-state index contributed by atoms with van der Waals surface area (Å²) >= 11 is 0. The first kappa shape index (κ1) is 13.4. The summed E-state index contributed by atoms with van der Waals surface area (Å²) in [5, 5.41) is 2.70. The molecule has 1 rings (SSSR count). The highest BCUT2D eigenvalue weighted by molar-refractivity contribution is 5.95. The third-order valence-corrected chi connectivity index (χ3v) is 2.43. The van der Waals surface area contributed by atoms with E-state index < -0.39 is 11.7 Å². The zero-order valence-corrected chi connectivity index (χ0v) is 10.00. The number of benzene rings is 1. The molecule has 17 heavy (non-hydrogen) atoms. The lowest BCUT2D eigenvalue weighted by atomic mass is 10.1. The second-order valence-electron chi connectivity index (χ2n) is 3.77. The van der Waals surface area contributed by atoms with E-state index in [2.05, 4.69) is 5.32 Å². The average Bonchev–Trinajstić information content (AvgIpc) is 2.28. The highest BCUT2D eigenvalue weighted by atomic mass is 19.1. The summed E-state index contributed by atoms with van der Waals surface area (Å²) in [5.41, 5.74) is 5.70. The van der Waals surface area contributed by atoms with E-state index >= 15 is 0 Å². The second kappa shape index (κ2) is 6.20. The van der Waals surface area contributed by atoms with Gasteiger partial charge in [0.1, 0.15) is 5.82 Å². The van der Waals surface area contributed by atoms with Gasteiger partial charge in [0, 0.05) is 12.8 Å². The molecule has 0 aromatic heterocycles. The molecule has 1 amide bonds. The number of hydrogen-bond acceptors (Lipinski definition) is 3. The number of carbonyl (C=O) groups is 1. The van der Waals surface area contributed by atoms with Crippen molar-refractivity contribution in [1.29, 1.82) is 0 Å². The Hall–Kier alpha value is -1.62. The summed E-state index contributed by atoms with van der Waals surface area (Å²) in [5.74, 6) is -1.07. The topological polar surface area (TPSA) is 64.3 Å². The van der Waals surface area contributed by atoms with Crippen LogP contribution in [0.5, 0.6) is 0 Å². The molecule has 0 saturated carbocycles. The molecule has 0 aliphatic heterocycles. The highest BCUT2D eigenvalue weighted by Gasteiger charge is 2.15. The summed E-state index contributed by atoms with van der Waals surface area (Å²) < 4.78 is 18.4. The summed E-state index contributed by atoms with van der Waals surface area (Å²) in [6.45, 7) is 2.32. The zero-order chi connectivity index (χ0) is 12.8. The van der Waals surface area contributed by atoms with Crippen molar-refractivity contribution >= 4 is 11.6 Å². The molecule has 0 bridgehead atoms. The number of hydrogen-bond donors (Lipinski definition) is 2. The van der Waals surface area contributed by atoms with Crippen molar-refractivity contribution in [2.24, 2.45) is 0 Å². The molecular weight excluding hydrogens is 223 g/mol. The maximum absolute atomic E-state index is 13.5. The Bertz CT molecular complexity index is 396. The van der Waals surface area contributed by atoms with Crippen LogP contribution < -0.4 is 11.1 Å². The van der Waals surface area contributed by atoms with Crippen LogP contribution in [0.2, 0.25) is 0 Å². The molecule has 1 aromatic carbocycles. The summed E-state index contributed by atoms with van der Waals surface area (Å²) in [7, 11) is 1.55. The van der Waals surface area contributed by atoms with Gasteiger partial charge >= 0.3 is 0 Å². The Morgan fingerprint density at radius 3 is 2.82 bits per heavy atom. The number of ether oxygens (including phenoxy) is 1. The van der Waals surface area contributed by atoms with Gasteiger partial charge < -0.3 is 15.8 Å². The van der Waals surface area contributed by atoms with E-state index in [9.17, 15) is 9.18 Å². The monoisotopic (exact) mass is 240 g/mol. The second-order valence-corrected chi connectivity index (χ2v) is 3.77. The van der Waals surface area contributed by atoms with E-state index in [4.69, 9.17) is 10.5 Å². The first-order chi connectivity index (χ1) is 8.08. The first-order valence-corrected chi connectivity index (χ1v) is 5.43. The Morgan fingerprint density at radius 2 is 2.29 bits per heavy atom. The van der Waals surface area contributed by atoms with Gasteiger partial charge in [-0.25, -0.2) is 4.39 Å². The van der Waals surface area contributed by atoms with Crippen molar-refractivity contribution in [2.75, 3.05) is 19.5 Å². The predicted molar refractivity (Wildman–Crippen MR) is 64.2 cm³/mol. The molecule has 5 heteroatoms. The van der Waals surface area contributed by atoms with Crippen LogP contribution in [0.4, 0.5) is 10.1 Å². The molecular formula is C12H17FN2O2. The Labute approximate surface area is 100.0 Å². The highest BCUT2D eigenvalue weighted by Crippen LogP contribution is 2.12. The smallest absolute Gasteiger partial charge is 0.254 e. The predicted octanol–water partition coefficient (Wildman–Crippen LogP) is 1.56. The number of carbonyl (C=O) groups excluding carboxylic acids is 1. The van der Waals surface area contributed by atoms with Gasteiger partial charge in [-0.05, 0) is 24.6 Å². The molecule has 4 nitrogen and oxygen atoms in total. The van der Waals surface area contributed by atoms with Gasteiger partial charge in [0.15, 0.2) is 0 Å². The molecule has 1 atom stereocenters. The standard InChI is InChI=1S/C12H17FN2O2/c1-3-9(7-17-2)15-12(16)10-5-4-8(14)6-11(10)13/h4-6,9H,3,7,14H2,1-2H3,(H,15,16). The summed E-state index contributed by atoms with van der Waals surface area (Å²) in [4.78, 5) is 11.8. The lowest BCUT2D eigenvalue weighted by Gasteiger charge is -2.16. The summed E-state index contributed by atoms with van der Waals surface area (Å²) in [6.07, 6.45) is 0.718. The number of nitrogens with one attached hydrogen (secondary N) is 1. The normalized spacial score (nSPS) is 12.2. The Kier molecular flexibility index (Phi) is 4.90. The molecule has 0 spiro atoms. The maximum atomic E-state index is 13.5. The fourth-order valence-corrected chi connectivity index (χ4v) is 1.44. The van der Waals surface area contributed by atoms with Gasteiger partial charge in [-0.1, -0.05) is 6.92 Å². The van der Waals surface area contributed by atoms with Crippen molar-refractivity contribution in [1.82, 2.24) is 5.32 Å². The first-order valence-electron chi connectivity index (χ1n) is 5.43. The van der Waals surface area contributed by atoms with Crippen LogP contribution in [0.3, 0.4) is 0 Å². The number of amides is 1. The van der Waals surface area contributed by atoms with E-state index in [1.54, 1.807) is 7.11 Å². The van der Waals surface area contributed by atoms with Gasteiger partial charge in [-0.3, -0.25) is 4.79 Å². The average molecular weight is 240 g/mol. The van der Waals surface area contributed by atoms with Crippen LogP contribution in [0, 0.1) is 5.82 Å². The minimum absolute atomic E-state index is 0.00578. The van der Waals surface area contributed by atoms with Crippen LogP contribution in [0.15, 0.2) is 18.2 Å². The van der Waals surface area contributed by atoms with Crippen molar-refractivity contribution in [3.63, 3.8) is 0 Å². The van der Waals surface area contributed by atoms with Crippen molar-refractivity contribution < 1.29 is 13.9 Å². The quantitative estimate of drug-likeness (QED) is 0.768. The van der Waals surface area contributed by atoms with Crippen LogP contribution in [0.25, 0.3) is 0 Å². The van der Waals surface area contributed by atoms with E-state index in [0.29, 0.717) is 12.3 Å². The van der Waals surface area contributed by atoms with E-state index in [1.165, 1.54) is 12.1 Å². The third-order valence-electron chi connectivity index (χ3n) is 2.43. The van der Waals surface area contributed by atoms with Crippen molar-refractivity contribution in [3.05, 3.63) is 29.6 Å². The molecule has 1 aromatic rings. The van der Waals surface area contributed by atoms with Crippen LogP contribution >= 0.6 is 0 Å². The molecule has 0 radical (unpaired) electrons. The molecule has 3 N–H and O–H groups in total. The van der Waals surface area contributed by atoms with Gasteiger partial charge in [-0.15, -0.1) is 0 Å². The van der Waals surface area contributed by atoms with Crippen molar-refractivity contribution in [3.8, 4) is 0 Å². The fraction of sp³-hybridized carbons (Fsp3) is 0.417. The van der Waals surface area contributed by atoms with E-state index in [-0.39, 0.29) is 11.6 Å². The number of nitrogens with two attached hydrogens (primary N) is 1. The van der Waals surface area contributed by atoms with Gasteiger partial charge in [0.25, 0.3) is 5.91 Å². The van der Waals surface area contributed by atoms with Gasteiger partial charge in [0.2, 0.25) is 0 Å². The zero-order valence-electron chi connectivity index (χ0n) is 10.00. The number of rotatable bonds is 5. The third kappa shape index (κ3) is 3.71. The largest absolute Gasteiger partial charge is 0.399 e. The SMILES string of the molecule is CCC(COC)NC(=O)c1ccc(N)cc1F. The maximum Gasteiger partial charge on any atom is 0.254 e. The van der Waals surface area contributed by atoms with Crippen LogP contribution in [-0.4, -0.2) is 25.7 Å². The number of anilines is 1. The van der Waals surface area contributed by atoms with E-state index in [1.807, 2.05) is 6.92 Å². The minimum atomic E-state index is -0.616. The van der Waals surface area contributed by atoms with Crippen molar-refractivity contribution in [2.45, 2.75) is 19.4 Å². The molecule has 1 unspecified atom stereocenters.